The molecule has 0 saturated heterocycles. The molecule has 3 nitrogen and oxygen atoms in total. The second kappa shape index (κ2) is 4.17. The Labute approximate surface area is 82.9 Å². The molecule has 0 aliphatic carbocycles. The number of hydrogen-bond acceptors (Lipinski definition) is 4. The van der Waals surface area contributed by atoms with Gasteiger partial charge in [-0.25, -0.2) is 4.98 Å². The van der Waals surface area contributed by atoms with E-state index in [-0.39, 0.29) is 6.10 Å². The maximum atomic E-state index is 5.75. The van der Waals surface area contributed by atoms with Gasteiger partial charge in [-0.2, -0.15) is 0 Å². The normalized spacial score (nSPS) is 16.1. The lowest BCUT2D eigenvalue weighted by Gasteiger charge is -2.28. The van der Waals surface area contributed by atoms with Gasteiger partial charge in [0.25, 0.3) is 0 Å². The molecule has 0 aliphatic rings. The Hall–Kier alpha value is -0.450. The largest absolute Gasteiger partial charge is 0.365 e. The summed E-state index contributed by atoms with van der Waals surface area (Å²) in [5.74, 6) is 0. The smallest absolute Gasteiger partial charge is 0.120 e. The van der Waals surface area contributed by atoms with Crippen LogP contribution in [0.2, 0.25) is 0 Å². The van der Waals surface area contributed by atoms with Crippen molar-refractivity contribution in [1.29, 1.82) is 0 Å². The highest BCUT2D eigenvalue weighted by Gasteiger charge is 2.28. The fourth-order valence-corrected chi connectivity index (χ4v) is 1.88. The van der Waals surface area contributed by atoms with Crippen molar-refractivity contribution in [3.63, 3.8) is 0 Å². The Morgan fingerprint density at radius 1 is 1.69 bits per heavy atom. The van der Waals surface area contributed by atoms with Crippen LogP contribution >= 0.6 is 11.3 Å². The van der Waals surface area contributed by atoms with E-state index in [1.807, 2.05) is 26.2 Å². The van der Waals surface area contributed by atoms with Crippen molar-refractivity contribution >= 4 is 11.3 Å². The van der Waals surface area contributed by atoms with Crippen molar-refractivity contribution in [2.24, 2.45) is 5.73 Å². The molecular weight excluding hydrogens is 184 g/mol. The molecule has 1 aromatic heterocycles. The highest BCUT2D eigenvalue weighted by Crippen LogP contribution is 2.25. The van der Waals surface area contributed by atoms with Crippen LogP contribution in [-0.4, -0.2) is 17.6 Å². The fraction of sp³-hybridized carbons (Fsp3) is 0.667. The summed E-state index contributed by atoms with van der Waals surface area (Å²) < 4.78 is 5.75. The minimum atomic E-state index is -0.436. The van der Waals surface area contributed by atoms with Gasteiger partial charge in [-0.3, -0.25) is 0 Å². The Morgan fingerprint density at radius 2 is 2.38 bits per heavy atom. The summed E-state index contributed by atoms with van der Waals surface area (Å²) in [5, 5.41) is 1.98. The topological polar surface area (TPSA) is 48.1 Å². The molecule has 0 spiro atoms. The van der Waals surface area contributed by atoms with Gasteiger partial charge in [0.05, 0.1) is 17.3 Å². The fourth-order valence-electron chi connectivity index (χ4n) is 1.21. The van der Waals surface area contributed by atoms with E-state index >= 15 is 0 Å². The zero-order chi connectivity index (χ0) is 9.90. The van der Waals surface area contributed by atoms with E-state index < -0.39 is 5.60 Å². The molecule has 2 N–H and O–H groups in total. The minimum Gasteiger partial charge on any atom is -0.365 e. The number of thiazole rings is 1. The molecule has 0 bridgehead atoms. The highest BCUT2D eigenvalue weighted by atomic mass is 32.1. The van der Waals surface area contributed by atoms with Crippen molar-refractivity contribution in [1.82, 2.24) is 4.98 Å². The van der Waals surface area contributed by atoms with Gasteiger partial charge in [0.1, 0.15) is 5.60 Å². The van der Waals surface area contributed by atoms with Crippen LogP contribution in [0.3, 0.4) is 0 Å². The van der Waals surface area contributed by atoms with Gasteiger partial charge >= 0.3 is 0 Å². The molecule has 13 heavy (non-hydrogen) atoms. The Kier molecular flexibility index (Phi) is 3.41. The van der Waals surface area contributed by atoms with Gasteiger partial charge < -0.3 is 10.5 Å². The number of aromatic nitrogens is 1. The van der Waals surface area contributed by atoms with E-state index in [2.05, 4.69) is 4.98 Å². The van der Waals surface area contributed by atoms with Crippen LogP contribution in [0.1, 0.15) is 26.5 Å². The van der Waals surface area contributed by atoms with E-state index in [9.17, 15) is 0 Å². The molecule has 1 atom stereocenters. The van der Waals surface area contributed by atoms with E-state index in [0.717, 1.165) is 5.69 Å². The lowest BCUT2D eigenvalue weighted by atomic mass is 10.0. The average Bonchev–Trinajstić information content (AvgIpc) is 2.55. The van der Waals surface area contributed by atoms with E-state index in [1.165, 1.54) is 0 Å². The maximum absolute atomic E-state index is 5.75. The molecular formula is C9H16N2OS. The van der Waals surface area contributed by atoms with E-state index in [4.69, 9.17) is 10.5 Å². The summed E-state index contributed by atoms with van der Waals surface area (Å²) in [4.78, 5) is 4.23. The van der Waals surface area contributed by atoms with Crippen LogP contribution in [0.4, 0.5) is 0 Å². The molecule has 0 radical (unpaired) electrons. The summed E-state index contributed by atoms with van der Waals surface area (Å²) in [6, 6.07) is 0. The summed E-state index contributed by atoms with van der Waals surface area (Å²) in [6.45, 7) is 6.43. The quantitative estimate of drug-likeness (QED) is 0.805. The standard InChI is InChI=1S/C9H16N2OS/c1-7(2)12-9(3,5-10)8-4-13-6-11-8/h4,6-7H,5,10H2,1-3H3. The molecule has 0 amide bonds. The van der Waals surface area contributed by atoms with Crippen molar-refractivity contribution < 1.29 is 4.74 Å². The first-order valence-corrected chi connectivity index (χ1v) is 5.29. The second-order valence-electron chi connectivity index (χ2n) is 3.48. The Bertz CT molecular complexity index is 248. The van der Waals surface area contributed by atoms with Crippen LogP contribution in [0.15, 0.2) is 10.9 Å². The third-order valence-electron chi connectivity index (χ3n) is 1.86. The number of hydrogen-bond donors (Lipinski definition) is 1. The third-order valence-corrected chi connectivity index (χ3v) is 2.45. The monoisotopic (exact) mass is 200 g/mol. The summed E-state index contributed by atoms with van der Waals surface area (Å²) in [5.41, 5.74) is 7.97. The number of rotatable bonds is 4. The molecule has 0 aromatic carbocycles. The predicted octanol–water partition coefficient (Wildman–Crippen LogP) is 1.74. The summed E-state index contributed by atoms with van der Waals surface area (Å²) in [7, 11) is 0. The van der Waals surface area contributed by atoms with E-state index in [0.29, 0.717) is 6.54 Å². The highest BCUT2D eigenvalue weighted by molar-refractivity contribution is 7.07. The van der Waals surface area contributed by atoms with Crippen LogP contribution in [0.25, 0.3) is 0 Å². The zero-order valence-corrected chi connectivity index (χ0v) is 9.10. The number of ether oxygens (including phenoxy) is 1. The van der Waals surface area contributed by atoms with Crippen LogP contribution in [-0.2, 0) is 10.3 Å². The predicted molar refractivity (Wildman–Crippen MR) is 54.7 cm³/mol. The van der Waals surface area contributed by atoms with Crippen LogP contribution in [0.5, 0.6) is 0 Å². The SMILES string of the molecule is CC(C)OC(C)(CN)c1cscn1. The van der Waals surface area contributed by atoms with Crippen molar-refractivity contribution in [2.75, 3.05) is 6.54 Å². The molecule has 4 heteroatoms. The average molecular weight is 200 g/mol. The van der Waals surface area contributed by atoms with Crippen LogP contribution < -0.4 is 5.73 Å². The van der Waals surface area contributed by atoms with Gasteiger partial charge in [-0.15, -0.1) is 11.3 Å². The lowest BCUT2D eigenvalue weighted by molar-refractivity contribution is -0.0688. The number of nitrogens with zero attached hydrogens (tertiary/aromatic N) is 1. The van der Waals surface area contributed by atoms with Crippen LogP contribution in [0, 0.1) is 0 Å². The third kappa shape index (κ3) is 2.49. The molecule has 1 unspecified atom stereocenters. The summed E-state index contributed by atoms with van der Waals surface area (Å²) in [6.07, 6.45) is 0.162. The van der Waals surface area contributed by atoms with Gasteiger partial charge in [0.15, 0.2) is 0 Å². The summed E-state index contributed by atoms with van der Waals surface area (Å²) >= 11 is 1.56. The second-order valence-corrected chi connectivity index (χ2v) is 4.19. The first kappa shape index (κ1) is 10.6. The first-order valence-electron chi connectivity index (χ1n) is 4.35. The molecule has 0 aliphatic heterocycles. The van der Waals surface area contributed by atoms with Gasteiger partial charge in [0.2, 0.25) is 0 Å². The van der Waals surface area contributed by atoms with Gasteiger partial charge in [0, 0.05) is 11.9 Å². The molecule has 1 rings (SSSR count). The van der Waals surface area contributed by atoms with E-state index in [1.54, 1.807) is 16.8 Å². The first-order chi connectivity index (χ1) is 6.08. The van der Waals surface area contributed by atoms with Gasteiger partial charge in [-0.1, -0.05) is 0 Å². The molecule has 1 heterocycles. The Morgan fingerprint density at radius 3 is 2.77 bits per heavy atom. The maximum Gasteiger partial charge on any atom is 0.120 e. The Balaban J connectivity index is 2.81. The van der Waals surface area contributed by atoms with Gasteiger partial charge in [-0.05, 0) is 20.8 Å². The van der Waals surface area contributed by atoms with Crippen molar-refractivity contribution in [3.8, 4) is 0 Å². The molecule has 0 saturated carbocycles. The molecule has 1 aromatic rings. The molecule has 0 fully saturated rings. The zero-order valence-electron chi connectivity index (χ0n) is 8.28. The lowest BCUT2D eigenvalue weighted by Crippen LogP contribution is -2.37. The number of nitrogens with two attached hydrogens (primary N) is 1. The van der Waals surface area contributed by atoms with Crippen molar-refractivity contribution in [3.05, 3.63) is 16.6 Å². The van der Waals surface area contributed by atoms with Crippen molar-refractivity contribution in [2.45, 2.75) is 32.5 Å². The minimum absolute atomic E-state index is 0.162. The molecule has 74 valence electrons.